The highest BCUT2D eigenvalue weighted by Gasteiger charge is 2.36. The number of ether oxygens (including phenoxy) is 2. The van der Waals surface area contributed by atoms with Crippen LogP contribution in [0.25, 0.3) is 10.9 Å². The molecule has 1 aliphatic rings. The fourth-order valence-corrected chi connectivity index (χ4v) is 4.16. The molecule has 0 saturated heterocycles. The second-order valence-corrected chi connectivity index (χ2v) is 9.98. The van der Waals surface area contributed by atoms with Crippen molar-refractivity contribution in [2.75, 3.05) is 17.2 Å². The van der Waals surface area contributed by atoms with Crippen molar-refractivity contribution in [3.63, 3.8) is 0 Å². The lowest BCUT2D eigenvalue weighted by Gasteiger charge is -2.16. The van der Waals surface area contributed by atoms with Crippen molar-refractivity contribution < 1.29 is 14.3 Å². The zero-order valence-electron chi connectivity index (χ0n) is 21.0. The number of hydrogen-bond donors (Lipinski definition) is 2. The number of rotatable bonds is 11. The molecular formula is C29H28ClN5O3. The van der Waals surface area contributed by atoms with Gasteiger partial charge in [-0.1, -0.05) is 31.2 Å². The molecule has 38 heavy (non-hydrogen) atoms. The second kappa shape index (κ2) is 11.1. The van der Waals surface area contributed by atoms with Gasteiger partial charge in [-0.25, -0.2) is 9.97 Å². The van der Waals surface area contributed by atoms with Crippen LogP contribution in [0.4, 0.5) is 17.2 Å². The van der Waals surface area contributed by atoms with E-state index < -0.39 is 0 Å². The third-order valence-electron chi connectivity index (χ3n) is 6.54. The first-order chi connectivity index (χ1) is 18.4. The van der Waals surface area contributed by atoms with Crippen molar-refractivity contribution in [3.05, 3.63) is 84.4 Å². The van der Waals surface area contributed by atoms with Crippen LogP contribution in [0.2, 0.25) is 5.02 Å². The summed E-state index contributed by atoms with van der Waals surface area (Å²) in [5.41, 5.74) is 3.09. The van der Waals surface area contributed by atoms with Crippen molar-refractivity contribution in [3.8, 4) is 11.5 Å². The first-order valence-corrected chi connectivity index (χ1v) is 12.7. The van der Waals surface area contributed by atoms with Crippen molar-refractivity contribution >= 4 is 45.6 Å². The molecule has 5 rings (SSSR count). The van der Waals surface area contributed by atoms with E-state index in [1.807, 2.05) is 30.3 Å². The molecule has 0 radical (unpaired) electrons. The summed E-state index contributed by atoms with van der Waals surface area (Å²) in [5.74, 6) is 1.33. The number of anilines is 3. The van der Waals surface area contributed by atoms with Gasteiger partial charge in [0.15, 0.2) is 0 Å². The summed E-state index contributed by atoms with van der Waals surface area (Å²) in [5, 5.41) is 7.30. The molecule has 9 heteroatoms. The predicted molar refractivity (Wildman–Crippen MR) is 149 cm³/mol. The molecule has 0 aliphatic heterocycles. The van der Waals surface area contributed by atoms with Gasteiger partial charge in [-0.05, 0) is 67.2 Å². The molecule has 1 aliphatic carbocycles. The van der Waals surface area contributed by atoms with Crippen LogP contribution < -0.4 is 20.1 Å². The summed E-state index contributed by atoms with van der Waals surface area (Å²) in [7, 11) is 0. The van der Waals surface area contributed by atoms with Gasteiger partial charge in [0.2, 0.25) is 5.91 Å². The van der Waals surface area contributed by atoms with Crippen LogP contribution in [0.5, 0.6) is 11.5 Å². The van der Waals surface area contributed by atoms with Crippen molar-refractivity contribution in [2.45, 2.75) is 32.8 Å². The highest BCUT2D eigenvalue weighted by atomic mass is 35.5. The van der Waals surface area contributed by atoms with Crippen LogP contribution in [0.3, 0.4) is 0 Å². The van der Waals surface area contributed by atoms with Crippen LogP contribution in [0.15, 0.2) is 73.7 Å². The minimum absolute atomic E-state index is 0.312. The molecule has 2 aromatic heterocycles. The normalized spacial score (nSPS) is 13.5. The summed E-state index contributed by atoms with van der Waals surface area (Å²) in [6.07, 6.45) is 7.82. The van der Waals surface area contributed by atoms with Crippen molar-refractivity contribution in [1.29, 1.82) is 0 Å². The van der Waals surface area contributed by atoms with E-state index in [-0.39, 0.29) is 5.91 Å². The number of halogens is 1. The number of hydrogen-bond acceptors (Lipinski definition) is 7. The van der Waals surface area contributed by atoms with Crippen molar-refractivity contribution in [2.24, 2.45) is 5.41 Å². The first-order valence-electron chi connectivity index (χ1n) is 12.4. The predicted octanol–water partition coefficient (Wildman–Crippen LogP) is 6.69. The lowest BCUT2D eigenvalue weighted by atomic mass is 10.1. The Morgan fingerprint density at radius 1 is 1.11 bits per heavy atom. The molecule has 2 aromatic carbocycles. The van der Waals surface area contributed by atoms with Crippen LogP contribution in [-0.4, -0.2) is 27.5 Å². The highest BCUT2D eigenvalue weighted by Crippen LogP contribution is 2.48. The van der Waals surface area contributed by atoms with Crippen LogP contribution in [0.1, 0.15) is 31.9 Å². The topological polar surface area (TPSA) is 98.3 Å². The summed E-state index contributed by atoms with van der Waals surface area (Å²) in [6.45, 7) is 6.68. The Bertz CT molecular complexity index is 1470. The Morgan fingerprint density at radius 3 is 2.71 bits per heavy atom. The van der Waals surface area contributed by atoms with E-state index in [4.69, 9.17) is 21.1 Å². The van der Waals surface area contributed by atoms with E-state index in [1.165, 1.54) is 25.2 Å². The second-order valence-electron chi connectivity index (χ2n) is 9.57. The van der Waals surface area contributed by atoms with E-state index >= 15 is 0 Å². The van der Waals surface area contributed by atoms with Gasteiger partial charge in [0.25, 0.3) is 0 Å². The Morgan fingerprint density at radius 2 is 1.97 bits per heavy atom. The summed E-state index contributed by atoms with van der Waals surface area (Å²) < 4.78 is 11.9. The van der Waals surface area contributed by atoms with Gasteiger partial charge in [0.05, 0.1) is 28.5 Å². The maximum Gasteiger partial charge on any atom is 0.247 e. The van der Waals surface area contributed by atoms with Gasteiger partial charge in [-0.2, -0.15) is 0 Å². The smallest absolute Gasteiger partial charge is 0.247 e. The highest BCUT2D eigenvalue weighted by molar-refractivity contribution is 6.32. The van der Waals surface area contributed by atoms with Gasteiger partial charge < -0.3 is 20.1 Å². The van der Waals surface area contributed by atoms with Crippen molar-refractivity contribution in [1.82, 2.24) is 15.0 Å². The van der Waals surface area contributed by atoms with E-state index in [9.17, 15) is 4.79 Å². The molecule has 0 atom stereocenters. The summed E-state index contributed by atoms with van der Waals surface area (Å²) in [6, 6.07) is 14.7. The largest absolute Gasteiger partial charge is 0.491 e. The first kappa shape index (κ1) is 25.5. The molecule has 8 nitrogen and oxygen atoms in total. The molecule has 1 amide bonds. The molecule has 1 fully saturated rings. The molecule has 4 aromatic rings. The Labute approximate surface area is 226 Å². The Hall–Kier alpha value is -4.17. The number of nitrogens with zero attached hydrogens (tertiary/aromatic N) is 3. The number of carbonyl (C=O) groups is 1. The third kappa shape index (κ3) is 6.20. The molecule has 2 N–H and O–H groups in total. The van der Waals surface area contributed by atoms with E-state index in [1.54, 1.807) is 24.4 Å². The number of amides is 1. The molecular weight excluding hydrogens is 502 g/mol. The number of nitrogens with one attached hydrogen (secondary N) is 2. The molecule has 0 spiro atoms. The average Bonchev–Trinajstić information content (AvgIpc) is 3.66. The maximum absolute atomic E-state index is 12.1. The number of carbonyl (C=O) groups excluding carboxylic acids is 1. The quantitative estimate of drug-likeness (QED) is 0.209. The minimum Gasteiger partial charge on any atom is -0.491 e. The van der Waals surface area contributed by atoms with Gasteiger partial charge in [0, 0.05) is 23.3 Å². The number of fused-ring (bicyclic) bond motifs is 1. The van der Waals surface area contributed by atoms with Crippen LogP contribution in [-0.2, 0) is 11.4 Å². The lowest BCUT2D eigenvalue weighted by molar-refractivity contribution is -0.111. The van der Waals surface area contributed by atoms with E-state index in [0.29, 0.717) is 57.6 Å². The summed E-state index contributed by atoms with van der Waals surface area (Å²) in [4.78, 5) is 25.2. The molecule has 1 saturated carbocycles. The van der Waals surface area contributed by atoms with Crippen LogP contribution >= 0.6 is 11.6 Å². The van der Waals surface area contributed by atoms with Gasteiger partial charge in [-0.15, -0.1) is 0 Å². The maximum atomic E-state index is 12.1. The van der Waals surface area contributed by atoms with Gasteiger partial charge >= 0.3 is 0 Å². The zero-order chi connectivity index (χ0) is 26.5. The number of pyridine rings is 1. The minimum atomic E-state index is -0.331. The monoisotopic (exact) mass is 529 g/mol. The van der Waals surface area contributed by atoms with Gasteiger partial charge in [0.1, 0.15) is 30.3 Å². The third-order valence-corrected chi connectivity index (χ3v) is 6.84. The Kier molecular flexibility index (Phi) is 7.42. The average molecular weight is 530 g/mol. The lowest BCUT2D eigenvalue weighted by Crippen LogP contribution is -2.11. The zero-order valence-corrected chi connectivity index (χ0v) is 21.8. The SMILES string of the molecule is C=CC(=O)Nc1cc2c(Nc3ccc(OCc4ccccn4)c(Cl)c3)ncnc2cc1OCCC1(C)CC1. The fraction of sp³-hybridized carbons (Fsp3) is 0.241. The fourth-order valence-electron chi connectivity index (χ4n) is 3.92. The number of benzene rings is 2. The van der Waals surface area contributed by atoms with E-state index in [0.717, 1.165) is 17.8 Å². The number of aromatic nitrogens is 3. The van der Waals surface area contributed by atoms with E-state index in [2.05, 4.69) is 39.1 Å². The molecule has 194 valence electrons. The van der Waals surface area contributed by atoms with Crippen LogP contribution in [0, 0.1) is 5.41 Å². The van der Waals surface area contributed by atoms with Gasteiger partial charge in [-0.3, -0.25) is 9.78 Å². The summed E-state index contributed by atoms with van der Waals surface area (Å²) >= 11 is 6.49. The standard InChI is InChI=1S/C29H28ClN5O3/c1-3-27(36)35-24-15-21-23(16-26(24)37-13-11-29(2)9-10-29)32-18-33-28(21)34-19-7-8-25(22(30)14-19)38-17-20-6-4-5-12-31-20/h3-8,12,14-16,18H,1,9-11,13,17H2,2H3,(H,35,36)(H,32,33,34). The molecule has 2 heterocycles. The Balaban J connectivity index is 1.37. The molecule has 0 bridgehead atoms. The molecule has 0 unspecified atom stereocenters.